The number of aromatic nitrogens is 1. The van der Waals surface area contributed by atoms with Gasteiger partial charge < -0.3 is 13.4 Å². The summed E-state index contributed by atoms with van der Waals surface area (Å²) < 4.78 is 21.1. The van der Waals surface area contributed by atoms with E-state index in [0.29, 0.717) is 0 Å². The maximum absolute atomic E-state index is 6.81. The molecule has 59 heavy (non-hydrogen) atoms. The Labute approximate surface area is 344 Å². The minimum absolute atomic E-state index is 0.814. The van der Waals surface area contributed by atoms with Crippen molar-refractivity contribution in [3.8, 4) is 27.9 Å². The molecule has 5 aromatic heterocycles. The zero-order valence-corrected chi connectivity index (χ0v) is 33.0. The molecule has 0 saturated heterocycles. The number of para-hydroxylation sites is 3. The van der Waals surface area contributed by atoms with Crippen molar-refractivity contribution in [1.29, 1.82) is 0 Å². The van der Waals surface area contributed by atoms with Crippen LogP contribution in [0.2, 0.25) is 0 Å². The van der Waals surface area contributed by atoms with E-state index in [1.54, 1.807) is 0 Å². The molecule has 14 aromatic rings. The van der Waals surface area contributed by atoms with Crippen LogP contribution in [0.4, 0.5) is 0 Å². The summed E-state index contributed by atoms with van der Waals surface area (Å²) in [6.45, 7) is 0. The van der Waals surface area contributed by atoms with E-state index in [2.05, 4.69) is 180 Å². The molecule has 0 aliphatic heterocycles. The van der Waals surface area contributed by atoms with E-state index < -0.39 is 0 Å². The summed E-state index contributed by atoms with van der Waals surface area (Å²) in [5, 5.41) is 12.0. The Morgan fingerprint density at radius 1 is 0.356 bits per heavy atom. The highest BCUT2D eigenvalue weighted by Gasteiger charge is 2.21. The van der Waals surface area contributed by atoms with E-state index in [-0.39, 0.29) is 0 Å². The lowest BCUT2D eigenvalue weighted by Crippen LogP contribution is -1.93. The standard InChI is InChI=1S/C54H29NO2S2/c1-4-20-43-32(11-1)33-12-2-5-21-44(33)55(43)45-22-9-15-35-40-28-42-48(29-47(40)57-52(35)45)56-46-23-10-14-31(51(42)46)30-25-26-50-41(27-30)39-19-8-18-38(54(39)59-50)37-17-7-16-36-34-13-3-6-24-49(34)58-53(36)37/h1-29H. The Hall–Kier alpha value is -7.18. The van der Waals surface area contributed by atoms with Crippen molar-refractivity contribution >= 4 is 129 Å². The van der Waals surface area contributed by atoms with Crippen molar-refractivity contribution in [2.24, 2.45) is 0 Å². The molecule has 0 radical (unpaired) electrons. The molecule has 274 valence electrons. The highest BCUT2D eigenvalue weighted by atomic mass is 32.1. The molecule has 0 atom stereocenters. The summed E-state index contributed by atoms with van der Waals surface area (Å²) in [5.74, 6) is 0. The first-order chi connectivity index (χ1) is 29.2. The lowest BCUT2D eigenvalue weighted by molar-refractivity contribution is 0.655. The molecule has 14 rings (SSSR count). The van der Waals surface area contributed by atoms with Gasteiger partial charge in [0.25, 0.3) is 0 Å². The van der Waals surface area contributed by atoms with Crippen molar-refractivity contribution in [1.82, 2.24) is 4.57 Å². The van der Waals surface area contributed by atoms with Gasteiger partial charge in [-0.05, 0) is 59.7 Å². The second-order valence-corrected chi connectivity index (χ2v) is 17.6. The number of nitrogens with zero attached hydrogens (tertiary/aromatic N) is 1. The van der Waals surface area contributed by atoms with Crippen molar-refractivity contribution in [2.45, 2.75) is 0 Å². The summed E-state index contributed by atoms with van der Waals surface area (Å²) in [7, 11) is 0. The smallest absolute Gasteiger partial charge is 0.159 e. The lowest BCUT2D eigenvalue weighted by Gasteiger charge is -2.08. The van der Waals surface area contributed by atoms with Crippen LogP contribution in [0.5, 0.6) is 0 Å². The minimum Gasteiger partial charge on any atom is -0.456 e. The number of furan rings is 2. The maximum Gasteiger partial charge on any atom is 0.159 e. The summed E-state index contributed by atoms with van der Waals surface area (Å²) in [4.78, 5) is 0. The third-order valence-electron chi connectivity index (χ3n) is 12.4. The molecule has 0 N–H and O–H groups in total. The molecule has 5 heterocycles. The third kappa shape index (κ3) is 4.35. The first kappa shape index (κ1) is 31.9. The van der Waals surface area contributed by atoms with Gasteiger partial charge in [-0.2, -0.15) is 0 Å². The normalized spacial score (nSPS) is 12.4. The molecule has 0 spiro atoms. The molecule has 0 aliphatic rings. The van der Waals surface area contributed by atoms with Crippen LogP contribution in [-0.4, -0.2) is 4.57 Å². The molecule has 9 aromatic carbocycles. The number of hydrogen-bond donors (Lipinski definition) is 0. The molecule has 0 bridgehead atoms. The van der Waals surface area contributed by atoms with E-state index in [1.165, 1.54) is 67.8 Å². The predicted molar refractivity (Wildman–Crippen MR) is 252 cm³/mol. The largest absolute Gasteiger partial charge is 0.456 e. The van der Waals surface area contributed by atoms with Crippen LogP contribution in [0.15, 0.2) is 185 Å². The fourth-order valence-corrected chi connectivity index (χ4v) is 12.3. The van der Waals surface area contributed by atoms with Gasteiger partial charge >= 0.3 is 0 Å². The SMILES string of the molecule is c1cc(-c2ccc3sc4c(-c5cccc6c5sc5ccccc56)cccc4c3c2)c2c(c1)oc1cc3oc4c(-n5c6ccccc6c6ccccc65)cccc4c3cc12. The number of rotatable bonds is 3. The number of fused-ring (bicyclic) bond motifs is 15. The Balaban J connectivity index is 0.951. The van der Waals surface area contributed by atoms with E-state index in [4.69, 9.17) is 8.83 Å². The van der Waals surface area contributed by atoms with E-state index in [0.717, 1.165) is 66.2 Å². The molecule has 0 amide bonds. The van der Waals surface area contributed by atoms with Crippen molar-refractivity contribution in [3.05, 3.63) is 176 Å². The van der Waals surface area contributed by atoms with E-state index in [1.807, 2.05) is 22.7 Å². The summed E-state index contributed by atoms with van der Waals surface area (Å²) >= 11 is 3.78. The van der Waals surface area contributed by atoms with Crippen LogP contribution < -0.4 is 0 Å². The van der Waals surface area contributed by atoms with Gasteiger partial charge in [-0.25, -0.2) is 0 Å². The molecule has 0 aliphatic carbocycles. The Morgan fingerprint density at radius 3 is 1.73 bits per heavy atom. The van der Waals surface area contributed by atoms with Gasteiger partial charge in [0.05, 0.1) is 16.7 Å². The van der Waals surface area contributed by atoms with Gasteiger partial charge in [0.15, 0.2) is 5.58 Å². The van der Waals surface area contributed by atoms with Crippen LogP contribution in [-0.2, 0) is 0 Å². The van der Waals surface area contributed by atoms with Gasteiger partial charge in [0.2, 0.25) is 0 Å². The zero-order valence-electron chi connectivity index (χ0n) is 31.3. The van der Waals surface area contributed by atoms with Gasteiger partial charge in [-0.1, -0.05) is 121 Å². The average molecular weight is 788 g/mol. The van der Waals surface area contributed by atoms with E-state index >= 15 is 0 Å². The minimum atomic E-state index is 0.814. The number of hydrogen-bond acceptors (Lipinski definition) is 4. The Bertz CT molecular complexity index is 4040. The van der Waals surface area contributed by atoms with Crippen LogP contribution in [0.3, 0.4) is 0 Å². The quantitative estimate of drug-likeness (QED) is 0.179. The zero-order chi connectivity index (χ0) is 38.3. The first-order valence-corrected chi connectivity index (χ1v) is 21.5. The second-order valence-electron chi connectivity index (χ2n) is 15.5. The van der Waals surface area contributed by atoms with Crippen LogP contribution in [0, 0.1) is 0 Å². The predicted octanol–water partition coefficient (Wildman–Crippen LogP) is 16.7. The number of benzene rings is 9. The van der Waals surface area contributed by atoms with Crippen LogP contribution in [0.25, 0.3) is 134 Å². The fourth-order valence-electron chi connectivity index (χ4n) is 9.84. The highest BCUT2D eigenvalue weighted by Crippen LogP contribution is 2.47. The maximum atomic E-state index is 6.81. The molecule has 5 heteroatoms. The average Bonchev–Trinajstić information content (AvgIpc) is 4.10. The monoisotopic (exact) mass is 787 g/mol. The summed E-state index contributed by atoms with van der Waals surface area (Å²) in [6, 6.07) is 63.8. The van der Waals surface area contributed by atoms with Crippen LogP contribution >= 0.6 is 22.7 Å². The van der Waals surface area contributed by atoms with Gasteiger partial charge in [0.1, 0.15) is 16.7 Å². The Kier molecular flexibility index (Phi) is 6.32. The molecule has 0 fully saturated rings. The number of thiophene rings is 2. The van der Waals surface area contributed by atoms with Gasteiger partial charge in [0, 0.05) is 89.9 Å². The second kappa shape index (κ2) is 11.7. The Morgan fingerprint density at radius 2 is 0.949 bits per heavy atom. The summed E-state index contributed by atoms with van der Waals surface area (Å²) in [5.41, 5.74) is 11.6. The van der Waals surface area contributed by atoms with E-state index in [9.17, 15) is 0 Å². The molecular weight excluding hydrogens is 759 g/mol. The highest BCUT2D eigenvalue weighted by molar-refractivity contribution is 7.27. The third-order valence-corrected chi connectivity index (χ3v) is 14.9. The molecule has 0 saturated carbocycles. The fraction of sp³-hybridized carbons (Fsp3) is 0. The van der Waals surface area contributed by atoms with Crippen molar-refractivity contribution < 1.29 is 8.83 Å². The van der Waals surface area contributed by atoms with Crippen LogP contribution in [0.1, 0.15) is 0 Å². The van der Waals surface area contributed by atoms with Gasteiger partial charge in [-0.15, -0.1) is 22.7 Å². The van der Waals surface area contributed by atoms with Gasteiger partial charge in [-0.3, -0.25) is 0 Å². The summed E-state index contributed by atoms with van der Waals surface area (Å²) in [6.07, 6.45) is 0. The lowest BCUT2D eigenvalue weighted by atomic mass is 9.96. The molecular formula is C54H29NO2S2. The van der Waals surface area contributed by atoms with Crippen molar-refractivity contribution in [3.63, 3.8) is 0 Å². The topological polar surface area (TPSA) is 31.2 Å². The van der Waals surface area contributed by atoms with Crippen molar-refractivity contribution in [2.75, 3.05) is 0 Å². The molecule has 3 nitrogen and oxygen atoms in total. The molecule has 0 unspecified atom stereocenters. The first-order valence-electron chi connectivity index (χ1n) is 19.9.